The SMILES string of the molecule is Cc1ccc(C)c(S(=O)(=O)NCCNC(=O)c2cccc(S(=O)(=O)NC3CCCC3)c2)c1. The molecule has 1 aliphatic carbocycles. The van der Waals surface area contributed by atoms with Crippen molar-refractivity contribution in [3.8, 4) is 0 Å². The first-order valence-corrected chi connectivity index (χ1v) is 13.5. The molecule has 0 atom stereocenters. The molecular formula is C22H29N3O5S2. The van der Waals surface area contributed by atoms with Crippen molar-refractivity contribution in [3.63, 3.8) is 0 Å². The van der Waals surface area contributed by atoms with E-state index in [0.29, 0.717) is 5.56 Å². The zero-order valence-corrected chi connectivity index (χ0v) is 19.9. The number of carbonyl (C=O) groups is 1. The number of aryl methyl sites for hydroxylation is 2. The Balaban J connectivity index is 1.57. The van der Waals surface area contributed by atoms with E-state index in [1.807, 2.05) is 13.0 Å². The third-order valence-corrected chi connectivity index (χ3v) is 8.54. The van der Waals surface area contributed by atoms with E-state index in [4.69, 9.17) is 0 Å². The first kappa shape index (κ1) is 24.4. The van der Waals surface area contributed by atoms with Crippen LogP contribution in [0.15, 0.2) is 52.3 Å². The topological polar surface area (TPSA) is 121 Å². The van der Waals surface area contributed by atoms with Gasteiger partial charge >= 0.3 is 0 Å². The summed E-state index contributed by atoms with van der Waals surface area (Å²) in [5.41, 5.74) is 1.66. The van der Waals surface area contributed by atoms with Crippen molar-refractivity contribution in [1.82, 2.24) is 14.8 Å². The summed E-state index contributed by atoms with van der Waals surface area (Å²) in [4.78, 5) is 12.7. The molecule has 0 saturated heterocycles. The molecule has 2 aromatic carbocycles. The van der Waals surface area contributed by atoms with Crippen LogP contribution in [0.4, 0.5) is 0 Å². The van der Waals surface area contributed by atoms with Gasteiger partial charge in [-0.15, -0.1) is 0 Å². The fourth-order valence-electron chi connectivity index (χ4n) is 3.67. The minimum atomic E-state index is -3.70. The Hall–Kier alpha value is -2.27. The first-order valence-electron chi connectivity index (χ1n) is 10.6. The second-order valence-corrected chi connectivity index (χ2v) is 11.5. The smallest absolute Gasteiger partial charge is 0.251 e. The minimum Gasteiger partial charge on any atom is -0.351 e. The molecule has 3 rings (SSSR count). The van der Waals surface area contributed by atoms with Crippen LogP contribution in [0, 0.1) is 13.8 Å². The van der Waals surface area contributed by atoms with Gasteiger partial charge in [0, 0.05) is 24.7 Å². The van der Waals surface area contributed by atoms with E-state index in [1.165, 1.54) is 24.3 Å². The highest BCUT2D eigenvalue weighted by Crippen LogP contribution is 2.21. The largest absolute Gasteiger partial charge is 0.351 e. The molecule has 2 aromatic rings. The van der Waals surface area contributed by atoms with Crippen molar-refractivity contribution in [1.29, 1.82) is 0 Å². The van der Waals surface area contributed by atoms with Gasteiger partial charge in [0.25, 0.3) is 5.91 Å². The number of sulfonamides is 2. The van der Waals surface area contributed by atoms with Crippen molar-refractivity contribution in [2.75, 3.05) is 13.1 Å². The maximum Gasteiger partial charge on any atom is 0.251 e. The molecule has 0 heterocycles. The Morgan fingerprint density at radius 1 is 0.938 bits per heavy atom. The van der Waals surface area contributed by atoms with E-state index >= 15 is 0 Å². The van der Waals surface area contributed by atoms with Gasteiger partial charge in [0.1, 0.15) is 0 Å². The summed E-state index contributed by atoms with van der Waals surface area (Å²) in [5.74, 6) is -0.478. The number of nitrogens with one attached hydrogen (secondary N) is 3. The summed E-state index contributed by atoms with van der Waals surface area (Å²) >= 11 is 0. The van der Waals surface area contributed by atoms with E-state index in [9.17, 15) is 21.6 Å². The van der Waals surface area contributed by atoms with E-state index in [-0.39, 0.29) is 34.5 Å². The van der Waals surface area contributed by atoms with Gasteiger partial charge in [0.15, 0.2) is 0 Å². The monoisotopic (exact) mass is 479 g/mol. The predicted molar refractivity (Wildman–Crippen MR) is 122 cm³/mol. The molecule has 1 aliphatic rings. The van der Waals surface area contributed by atoms with Gasteiger partial charge in [0.2, 0.25) is 20.0 Å². The van der Waals surface area contributed by atoms with Gasteiger partial charge in [-0.3, -0.25) is 4.79 Å². The number of carbonyl (C=O) groups excluding carboxylic acids is 1. The van der Waals surface area contributed by atoms with Crippen LogP contribution in [0.5, 0.6) is 0 Å². The molecule has 32 heavy (non-hydrogen) atoms. The van der Waals surface area contributed by atoms with Gasteiger partial charge in [0.05, 0.1) is 9.79 Å². The minimum absolute atomic E-state index is 0.00266. The fraction of sp³-hybridized carbons (Fsp3) is 0.409. The highest BCUT2D eigenvalue weighted by atomic mass is 32.2. The zero-order valence-electron chi connectivity index (χ0n) is 18.2. The molecule has 3 N–H and O–H groups in total. The molecule has 10 heteroatoms. The average molecular weight is 480 g/mol. The van der Waals surface area contributed by atoms with Crippen molar-refractivity contribution >= 4 is 26.0 Å². The van der Waals surface area contributed by atoms with E-state index in [2.05, 4.69) is 14.8 Å². The summed E-state index contributed by atoms with van der Waals surface area (Å²) in [6.45, 7) is 3.59. The van der Waals surface area contributed by atoms with Crippen LogP contribution >= 0.6 is 0 Å². The van der Waals surface area contributed by atoms with Crippen molar-refractivity contribution in [2.45, 2.75) is 55.4 Å². The van der Waals surface area contributed by atoms with Crippen molar-refractivity contribution in [2.24, 2.45) is 0 Å². The highest BCUT2D eigenvalue weighted by molar-refractivity contribution is 7.89. The number of hydrogen-bond acceptors (Lipinski definition) is 5. The summed E-state index contributed by atoms with van der Waals surface area (Å²) in [6, 6.07) is 10.9. The number of hydrogen-bond donors (Lipinski definition) is 3. The van der Waals surface area contributed by atoms with E-state index in [0.717, 1.165) is 31.2 Å². The fourth-order valence-corrected chi connectivity index (χ4v) is 6.38. The van der Waals surface area contributed by atoms with Crippen LogP contribution in [-0.2, 0) is 20.0 Å². The number of amides is 1. The van der Waals surface area contributed by atoms with E-state index < -0.39 is 26.0 Å². The summed E-state index contributed by atoms with van der Waals surface area (Å²) < 4.78 is 55.4. The standard InChI is InChI=1S/C22H29N3O5S2/c1-16-10-11-17(2)21(14-16)32(29,30)24-13-12-23-22(26)18-6-5-9-20(15-18)31(27,28)25-19-7-3-4-8-19/h5-6,9-11,14-15,19,24-25H,3-4,7-8,12-13H2,1-2H3,(H,23,26). The zero-order chi connectivity index (χ0) is 23.4. The van der Waals surface area contributed by atoms with Crippen LogP contribution in [0.3, 0.4) is 0 Å². The quantitative estimate of drug-likeness (QED) is 0.476. The Bertz CT molecular complexity index is 1190. The van der Waals surface area contributed by atoms with Gasteiger partial charge in [-0.25, -0.2) is 26.3 Å². The Kier molecular flexibility index (Phi) is 7.71. The second kappa shape index (κ2) is 10.1. The van der Waals surface area contributed by atoms with Crippen LogP contribution < -0.4 is 14.8 Å². The molecule has 174 valence electrons. The average Bonchev–Trinajstić information content (AvgIpc) is 3.25. The molecule has 8 nitrogen and oxygen atoms in total. The molecule has 1 fully saturated rings. The maximum absolute atomic E-state index is 12.6. The van der Waals surface area contributed by atoms with Crippen LogP contribution in [0.25, 0.3) is 0 Å². The van der Waals surface area contributed by atoms with Crippen LogP contribution in [0.2, 0.25) is 0 Å². The summed E-state index contributed by atoms with van der Waals surface area (Å²) in [5, 5.41) is 2.62. The van der Waals surface area contributed by atoms with E-state index in [1.54, 1.807) is 19.1 Å². The summed E-state index contributed by atoms with van der Waals surface area (Å²) in [7, 11) is -7.41. The lowest BCUT2D eigenvalue weighted by Gasteiger charge is -2.13. The Morgan fingerprint density at radius 3 is 2.38 bits per heavy atom. The molecule has 0 aromatic heterocycles. The molecule has 1 saturated carbocycles. The number of rotatable bonds is 9. The van der Waals surface area contributed by atoms with Gasteiger partial charge < -0.3 is 5.32 Å². The lowest BCUT2D eigenvalue weighted by Crippen LogP contribution is -2.35. The second-order valence-electron chi connectivity index (χ2n) is 8.05. The molecular weight excluding hydrogens is 450 g/mol. The molecule has 0 spiro atoms. The lowest BCUT2D eigenvalue weighted by atomic mass is 10.2. The third kappa shape index (κ3) is 6.16. The molecule has 0 radical (unpaired) electrons. The molecule has 0 bridgehead atoms. The summed E-state index contributed by atoms with van der Waals surface area (Å²) in [6.07, 6.45) is 3.64. The van der Waals surface area contributed by atoms with Gasteiger partial charge in [-0.1, -0.05) is 31.0 Å². The van der Waals surface area contributed by atoms with Crippen LogP contribution in [-0.4, -0.2) is 41.9 Å². The Morgan fingerprint density at radius 2 is 1.66 bits per heavy atom. The third-order valence-electron chi connectivity index (χ3n) is 5.42. The molecule has 0 unspecified atom stereocenters. The van der Waals surface area contributed by atoms with Crippen molar-refractivity contribution in [3.05, 3.63) is 59.2 Å². The highest BCUT2D eigenvalue weighted by Gasteiger charge is 2.23. The van der Waals surface area contributed by atoms with Gasteiger partial charge in [-0.2, -0.15) is 0 Å². The normalized spacial score (nSPS) is 15.1. The maximum atomic E-state index is 12.6. The van der Waals surface area contributed by atoms with Crippen LogP contribution in [0.1, 0.15) is 47.2 Å². The predicted octanol–water partition coefficient (Wildman–Crippen LogP) is 2.23. The first-order chi connectivity index (χ1) is 15.1. The lowest BCUT2D eigenvalue weighted by molar-refractivity contribution is 0.0954. The van der Waals surface area contributed by atoms with Crippen molar-refractivity contribution < 1.29 is 21.6 Å². The van der Waals surface area contributed by atoms with Gasteiger partial charge in [-0.05, 0) is 62.1 Å². The number of benzene rings is 2. The Labute approximate surface area is 189 Å². The molecule has 1 amide bonds. The molecule has 0 aliphatic heterocycles.